The second kappa shape index (κ2) is 8.36. The zero-order chi connectivity index (χ0) is 21.1. The molecule has 0 saturated carbocycles. The highest BCUT2D eigenvalue weighted by atomic mass is 16.3. The van der Waals surface area contributed by atoms with Gasteiger partial charge in [-0.2, -0.15) is 0 Å². The SMILES string of the molecule is Cc1ccc(-c2cc(=O)n(CC(=O)N3CCN(C(=O)c4ccco4)CC3)cn2)cc1. The Labute approximate surface area is 173 Å². The molecule has 1 fully saturated rings. The average molecular weight is 406 g/mol. The number of piperazine rings is 1. The van der Waals surface area contributed by atoms with Crippen LogP contribution in [0.2, 0.25) is 0 Å². The van der Waals surface area contributed by atoms with Crippen LogP contribution in [0, 0.1) is 6.92 Å². The Balaban J connectivity index is 1.37. The highest BCUT2D eigenvalue weighted by Gasteiger charge is 2.26. The Morgan fingerprint density at radius 3 is 2.37 bits per heavy atom. The fourth-order valence-electron chi connectivity index (χ4n) is 3.39. The van der Waals surface area contributed by atoms with Gasteiger partial charge in [-0.1, -0.05) is 29.8 Å². The Morgan fingerprint density at radius 1 is 1.03 bits per heavy atom. The highest BCUT2D eigenvalue weighted by molar-refractivity contribution is 5.91. The van der Waals surface area contributed by atoms with Crippen molar-refractivity contribution >= 4 is 11.8 Å². The minimum absolute atomic E-state index is 0.0772. The maximum atomic E-state index is 12.6. The molecular formula is C22H22N4O4. The number of amides is 2. The Kier molecular flexibility index (Phi) is 5.47. The van der Waals surface area contributed by atoms with E-state index in [0.29, 0.717) is 37.6 Å². The van der Waals surface area contributed by atoms with E-state index in [0.717, 1.165) is 11.1 Å². The second-order valence-electron chi connectivity index (χ2n) is 7.26. The van der Waals surface area contributed by atoms with Gasteiger partial charge in [0.25, 0.3) is 11.5 Å². The fourth-order valence-corrected chi connectivity index (χ4v) is 3.39. The summed E-state index contributed by atoms with van der Waals surface area (Å²) < 4.78 is 6.45. The molecule has 0 unspecified atom stereocenters. The number of rotatable bonds is 4. The summed E-state index contributed by atoms with van der Waals surface area (Å²) in [4.78, 5) is 45.1. The van der Waals surface area contributed by atoms with Crippen molar-refractivity contribution in [3.8, 4) is 11.3 Å². The van der Waals surface area contributed by atoms with E-state index in [2.05, 4.69) is 4.98 Å². The summed E-state index contributed by atoms with van der Waals surface area (Å²) >= 11 is 0. The summed E-state index contributed by atoms with van der Waals surface area (Å²) in [5.41, 5.74) is 2.28. The van der Waals surface area contributed by atoms with Gasteiger partial charge in [0.05, 0.1) is 18.3 Å². The van der Waals surface area contributed by atoms with E-state index < -0.39 is 0 Å². The van der Waals surface area contributed by atoms with Crippen LogP contribution in [-0.2, 0) is 11.3 Å². The number of furan rings is 1. The average Bonchev–Trinajstić information content (AvgIpc) is 3.30. The number of nitrogens with zero attached hydrogens (tertiary/aromatic N) is 4. The van der Waals surface area contributed by atoms with E-state index in [-0.39, 0.29) is 23.9 Å². The van der Waals surface area contributed by atoms with Gasteiger partial charge in [-0.3, -0.25) is 19.0 Å². The maximum Gasteiger partial charge on any atom is 0.289 e. The standard InChI is InChI=1S/C22H22N4O4/c1-16-4-6-17(7-5-16)18-13-20(27)26(15-23-18)14-21(28)24-8-10-25(11-9-24)22(29)19-3-2-12-30-19/h2-7,12-13,15H,8-11,14H2,1H3. The van der Waals surface area contributed by atoms with E-state index in [9.17, 15) is 14.4 Å². The zero-order valence-corrected chi connectivity index (χ0v) is 16.7. The lowest BCUT2D eigenvalue weighted by atomic mass is 10.1. The monoisotopic (exact) mass is 406 g/mol. The molecule has 2 aromatic heterocycles. The van der Waals surface area contributed by atoms with Crippen molar-refractivity contribution in [2.45, 2.75) is 13.5 Å². The maximum absolute atomic E-state index is 12.6. The van der Waals surface area contributed by atoms with Crippen LogP contribution >= 0.6 is 0 Å². The van der Waals surface area contributed by atoms with Crippen molar-refractivity contribution in [3.63, 3.8) is 0 Å². The van der Waals surface area contributed by atoms with Crippen molar-refractivity contribution in [2.24, 2.45) is 0 Å². The van der Waals surface area contributed by atoms with E-state index in [4.69, 9.17) is 4.42 Å². The summed E-state index contributed by atoms with van der Waals surface area (Å²) in [5, 5.41) is 0. The fraction of sp³-hybridized carbons (Fsp3) is 0.273. The number of benzene rings is 1. The minimum atomic E-state index is -0.277. The molecular weight excluding hydrogens is 384 g/mol. The predicted molar refractivity (Wildman–Crippen MR) is 110 cm³/mol. The molecule has 0 atom stereocenters. The second-order valence-corrected chi connectivity index (χ2v) is 7.26. The van der Waals surface area contributed by atoms with Gasteiger partial charge in [-0.25, -0.2) is 4.98 Å². The van der Waals surface area contributed by atoms with Crippen LogP contribution in [-0.4, -0.2) is 57.3 Å². The van der Waals surface area contributed by atoms with Gasteiger partial charge in [-0.05, 0) is 19.1 Å². The van der Waals surface area contributed by atoms with E-state index in [1.54, 1.807) is 21.9 Å². The molecule has 1 aliphatic rings. The first-order valence-electron chi connectivity index (χ1n) is 9.75. The van der Waals surface area contributed by atoms with Gasteiger partial charge in [-0.15, -0.1) is 0 Å². The molecule has 0 radical (unpaired) electrons. The van der Waals surface area contributed by atoms with Gasteiger partial charge in [0.15, 0.2) is 5.76 Å². The first-order chi connectivity index (χ1) is 14.5. The van der Waals surface area contributed by atoms with Crippen molar-refractivity contribution in [1.82, 2.24) is 19.4 Å². The van der Waals surface area contributed by atoms with Crippen LogP contribution in [0.1, 0.15) is 16.1 Å². The predicted octanol–water partition coefficient (Wildman–Crippen LogP) is 1.80. The molecule has 30 heavy (non-hydrogen) atoms. The third kappa shape index (κ3) is 4.17. The Bertz CT molecular complexity index is 1090. The Morgan fingerprint density at radius 2 is 1.73 bits per heavy atom. The lowest BCUT2D eigenvalue weighted by molar-refractivity contribution is -0.133. The van der Waals surface area contributed by atoms with Gasteiger partial charge in [0.2, 0.25) is 5.91 Å². The molecule has 2 amide bonds. The summed E-state index contributed by atoms with van der Waals surface area (Å²) in [5.74, 6) is -0.0626. The smallest absolute Gasteiger partial charge is 0.289 e. The quantitative estimate of drug-likeness (QED) is 0.659. The summed E-state index contributed by atoms with van der Waals surface area (Å²) in [6, 6.07) is 12.5. The van der Waals surface area contributed by atoms with Crippen LogP contribution < -0.4 is 5.56 Å². The Hall–Kier alpha value is -3.68. The third-order valence-electron chi connectivity index (χ3n) is 5.18. The number of aromatic nitrogens is 2. The minimum Gasteiger partial charge on any atom is -0.459 e. The number of carbonyl (C=O) groups excluding carboxylic acids is 2. The normalized spacial score (nSPS) is 14.0. The van der Waals surface area contributed by atoms with Crippen molar-refractivity contribution < 1.29 is 14.0 Å². The molecule has 3 heterocycles. The number of aryl methyl sites for hydroxylation is 1. The molecule has 0 bridgehead atoms. The lowest BCUT2D eigenvalue weighted by Crippen LogP contribution is -2.51. The van der Waals surface area contributed by atoms with Crippen molar-refractivity contribution in [1.29, 1.82) is 0 Å². The zero-order valence-electron chi connectivity index (χ0n) is 16.7. The molecule has 8 heteroatoms. The van der Waals surface area contributed by atoms with Crippen LogP contribution in [0.4, 0.5) is 0 Å². The largest absolute Gasteiger partial charge is 0.459 e. The molecule has 1 saturated heterocycles. The van der Waals surface area contributed by atoms with Gasteiger partial charge in [0.1, 0.15) is 6.54 Å². The number of hydrogen-bond donors (Lipinski definition) is 0. The molecule has 3 aromatic rings. The van der Waals surface area contributed by atoms with Crippen LogP contribution in [0.5, 0.6) is 0 Å². The number of hydrogen-bond acceptors (Lipinski definition) is 5. The highest BCUT2D eigenvalue weighted by Crippen LogP contribution is 2.15. The summed E-state index contributed by atoms with van der Waals surface area (Å²) in [7, 11) is 0. The van der Waals surface area contributed by atoms with Gasteiger partial charge >= 0.3 is 0 Å². The molecule has 1 aliphatic heterocycles. The van der Waals surface area contributed by atoms with Crippen molar-refractivity contribution in [2.75, 3.05) is 26.2 Å². The van der Waals surface area contributed by atoms with Gasteiger partial charge < -0.3 is 14.2 Å². The molecule has 0 aliphatic carbocycles. The molecule has 1 aromatic carbocycles. The van der Waals surface area contributed by atoms with Gasteiger partial charge in [0, 0.05) is 37.8 Å². The van der Waals surface area contributed by atoms with Crippen LogP contribution in [0.3, 0.4) is 0 Å². The first kappa shape index (κ1) is 19.6. The van der Waals surface area contributed by atoms with Crippen LogP contribution in [0.15, 0.2) is 64.3 Å². The molecule has 0 spiro atoms. The number of carbonyl (C=O) groups is 2. The van der Waals surface area contributed by atoms with Crippen LogP contribution in [0.25, 0.3) is 11.3 Å². The lowest BCUT2D eigenvalue weighted by Gasteiger charge is -2.34. The molecule has 0 N–H and O–H groups in total. The summed E-state index contributed by atoms with van der Waals surface area (Å²) in [6.07, 6.45) is 2.87. The first-order valence-corrected chi connectivity index (χ1v) is 9.75. The molecule has 154 valence electrons. The van der Waals surface area contributed by atoms with Crippen molar-refractivity contribution in [3.05, 3.63) is 76.7 Å². The third-order valence-corrected chi connectivity index (χ3v) is 5.18. The summed E-state index contributed by atoms with van der Waals surface area (Å²) in [6.45, 7) is 3.58. The molecule has 4 rings (SSSR count). The van der Waals surface area contributed by atoms with E-state index >= 15 is 0 Å². The van der Waals surface area contributed by atoms with E-state index in [1.165, 1.54) is 23.2 Å². The topological polar surface area (TPSA) is 88.7 Å². The van der Waals surface area contributed by atoms with E-state index in [1.807, 2.05) is 31.2 Å². The molecule has 8 nitrogen and oxygen atoms in total.